The molecule has 2 heterocycles. The summed E-state index contributed by atoms with van der Waals surface area (Å²) in [4.78, 5) is 7.07. The first-order valence-electron chi connectivity index (χ1n) is 7.04. The zero-order valence-electron chi connectivity index (χ0n) is 11.7. The van der Waals surface area contributed by atoms with Gasteiger partial charge in [-0.3, -0.25) is 4.90 Å². The van der Waals surface area contributed by atoms with Crippen LogP contribution in [-0.4, -0.2) is 35.6 Å². The van der Waals surface area contributed by atoms with Gasteiger partial charge in [0.25, 0.3) is 0 Å². The van der Waals surface area contributed by atoms with E-state index in [1.165, 1.54) is 37.5 Å². The van der Waals surface area contributed by atoms with E-state index in [1.54, 1.807) is 11.3 Å². The second-order valence-electron chi connectivity index (χ2n) is 5.55. The molecule has 0 radical (unpaired) electrons. The van der Waals surface area contributed by atoms with Crippen molar-refractivity contribution < 1.29 is 0 Å². The average molecular weight is 267 g/mol. The van der Waals surface area contributed by atoms with Gasteiger partial charge in [0, 0.05) is 24.2 Å². The summed E-state index contributed by atoms with van der Waals surface area (Å²) in [6.45, 7) is 10.4. The molecule has 2 unspecified atom stereocenters. The van der Waals surface area contributed by atoms with Crippen LogP contribution in [0.4, 0.5) is 0 Å². The van der Waals surface area contributed by atoms with Crippen LogP contribution in [0, 0.1) is 5.92 Å². The monoisotopic (exact) mass is 267 g/mol. The maximum Gasteiger partial charge on any atom is 0.109 e. The van der Waals surface area contributed by atoms with Crippen molar-refractivity contribution in [3.8, 4) is 0 Å². The van der Waals surface area contributed by atoms with E-state index in [4.69, 9.17) is 0 Å². The van der Waals surface area contributed by atoms with Crippen LogP contribution < -0.4 is 5.32 Å². The average Bonchev–Trinajstić information content (AvgIpc) is 2.90. The molecule has 4 heteroatoms. The van der Waals surface area contributed by atoms with Crippen molar-refractivity contribution in [1.82, 2.24) is 15.2 Å². The molecule has 1 aliphatic heterocycles. The van der Waals surface area contributed by atoms with Gasteiger partial charge >= 0.3 is 0 Å². The van der Waals surface area contributed by atoms with E-state index < -0.39 is 0 Å². The van der Waals surface area contributed by atoms with Gasteiger partial charge in [0.2, 0.25) is 0 Å². The second-order valence-corrected chi connectivity index (χ2v) is 6.48. The Morgan fingerprint density at radius 2 is 2.33 bits per heavy atom. The molecule has 0 saturated carbocycles. The fraction of sp³-hybridized carbons (Fsp3) is 0.786. The van der Waals surface area contributed by atoms with Gasteiger partial charge in [0.05, 0.1) is 6.04 Å². The Balaban J connectivity index is 1.98. The van der Waals surface area contributed by atoms with Gasteiger partial charge in [0.15, 0.2) is 0 Å². The number of thiazole rings is 1. The second kappa shape index (κ2) is 6.64. The number of nitrogens with one attached hydrogen (secondary N) is 1. The highest BCUT2D eigenvalue weighted by molar-refractivity contribution is 7.09. The normalized spacial score (nSPS) is 22.6. The summed E-state index contributed by atoms with van der Waals surface area (Å²) in [6.07, 6.45) is 4.60. The maximum absolute atomic E-state index is 4.47. The van der Waals surface area contributed by atoms with E-state index >= 15 is 0 Å². The Labute approximate surface area is 115 Å². The number of hydrogen-bond donors (Lipinski definition) is 1. The quantitative estimate of drug-likeness (QED) is 0.889. The van der Waals surface area contributed by atoms with E-state index in [9.17, 15) is 0 Å². The standard InChI is InChI=1S/C14H25N3S/c1-11(2)17(10-13-5-4-6-15-9-13)12(3)14-16-7-8-18-14/h7-8,11-13,15H,4-6,9-10H2,1-3H3. The maximum atomic E-state index is 4.47. The van der Waals surface area contributed by atoms with Crippen molar-refractivity contribution in [2.75, 3.05) is 19.6 Å². The zero-order chi connectivity index (χ0) is 13.0. The molecule has 2 atom stereocenters. The van der Waals surface area contributed by atoms with Crippen molar-refractivity contribution in [3.63, 3.8) is 0 Å². The predicted octanol–water partition coefficient (Wildman–Crippen LogP) is 2.91. The fourth-order valence-corrected chi connectivity index (χ4v) is 3.49. The molecule has 1 aliphatic rings. The Kier molecular flexibility index (Phi) is 5.15. The Morgan fingerprint density at radius 3 is 2.89 bits per heavy atom. The summed E-state index contributed by atoms with van der Waals surface area (Å²) in [5, 5.41) is 6.83. The molecule has 0 amide bonds. The van der Waals surface area contributed by atoms with Gasteiger partial charge in [-0.15, -0.1) is 11.3 Å². The van der Waals surface area contributed by atoms with Crippen molar-refractivity contribution in [2.24, 2.45) is 5.92 Å². The van der Waals surface area contributed by atoms with Crippen molar-refractivity contribution in [3.05, 3.63) is 16.6 Å². The summed E-state index contributed by atoms with van der Waals surface area (Å²) in [7, 11) is 0. The molecule has 3 nitrogen and oxygen atoms in total. The molecule has 1 saturated heterocycles. The van der Waals surface area contributed by atoms with Crippen LogP contribution in [-0.2, 0) is 0 Å². The minimum atomic E-state index is 0.437. The first-order chi connectivity index (χ1) is 8.68. The lowest BCUT2D eigenvalue weighted by Gasteiger charge is -2.36. The zero-order valence-corrected chi connectivity index (χ0v) is 12.5. The van der Waals surface area contributed by atoms with Crippen LogP contribution in [0.3, 0.4) is 0 Å². The van der Waals surface area contributed by atoms with Gasteiger partial charge in [0.1, 0.15) is 5.01 Å². The number of rotatable bonds is 5. The molecule has 0 bridgehead atoms. The first-order valence-corrected chi connectivity index (χ1v) is 7.92. The van der Waals surface area contributed by atoms with Crippen LogP contribution in [0.1, 0.15) is 44.7 Å². The van der Waals surface area contributed by atoms with Crippen LogP contribution in [0.15, 0.2) is 11.6 Å². The van der Waals surface area contributed by atoms with E-state index in [0.717, 1.165) is 5.92 Å². The van der Waals surface area contributed by atoms with Crippen molar-refractivity contribution in [2.45, 2.75) is 45.7 Å². The van der Waals surface area contributed by atoms with Gasteiger partial charge in [-0.2, -0.15) is 0 Å². The molecule has 1 fully saturated rings. The molecule has 2 rings (SSSR count). The van der Waals surface area contributed by atoms with E-state index in [1.807, 2.05) is 6.20 Å². The summed E-state index contributed by atoms with van der Waals surface area (Å²) >= 11 is 1.77. The Bertz CT molecular complexity index is 331. The van der Waals surface area contributed by atoms with Gasteiger partial charge in [-0.25, -0.2) is 4.98 Å². The minimum absolute atomic E-state index is 0.437. The lowest BCUT2D eigenvalue weighted by Crippen LogP contribution is -2.42. The number of piperidine rings is 1. The van der Waals surface area contributed by atoms with Gasteiger partial charge in [-0.05, 0) is 52.6 Å². The highest BCUT2D eigenvalue weighted by atomic mass is 32.1. The van der Waals surface area contributed by atoms with Gasteiger partial charge < -0.3 is 5.32 Å². The van der Waals surface area contributed by atoms with Crippen LogP contribution in [0.5, 0.6) is 0 Å². The third-order valence-corrected chi connectivity index (χ3v) is 4.78. The smallest absolute Gasteiger partial charge is 0.109 e. The molecule has 18 heavy (non-hydrogen) atoms. The lowest BCUT2D eigenvalue weighted by atomic mass is 9.98. The molecule has 0 aliphatic carbocycles. The molecule has 0 aromatic carbocycles. The largest absolute Gasteiger partial charge is 0.316 e. The van der Waals surface area contributed by atoms with E-state index in [2.05, 4.69) is 41.4 Å². The molecule has 102 valence electrons. The van der Waals surface area contributed by atoms with E-state index in [0.29, 0.717) is 12.1 Å². The predicted molar refractivity (Wildman–Crippen MR) is 78.0 cm³/mol. The summed E-state index contributed by atoms with van der Waals surface area (Å²) in [5.41, 5.74) is 0. The fourth-order valence-electron chi connectivity index (χ4n) is 2.78. The summed E-state index contributed by atoms with van der Waals surface area (Å²) < 4.78 is 0. The Morgan fingerprint density at radius 1 is 1.50 bits per heavy atom. The third-order valence-electron chi connectivity index (χ3n) is 3.84. The molecule has 1 N–H and O–H groups in total. The number of nitrogens with zero attached hydrogens (tertiary/aromatic N) is 2. The molecular weight excluding hydrogens is 242 g/mol. The summed E-state index contributed by atoms with van der Waals surface area (Å²) in [6, 6.07) is 1.01. The molecular formula is C14H25N3S. The third kappa shape index (κ3) is 3.53. The molecule has 1 aromatic rings. The topological polar surface area (TPSA) is 28.2 Å². The first kappa shape index (κ1) is 14.0. The lowest BCUT2D eigenvalue weighted by molar-refractivity contribution is 0.126. The minimum Gasteiger partial charge on any atom is -0.316 e. The summed E-state index contributed by atoms with van der Waals surface area (Å²) in [5.74, 6) is 0.795. The van der Waals surface area contributed by atoms with Crippen LogP contribution in [0.2, 0.25) is 0 Å². The van der Waals surface area contributed by atoms with Crippen LogP contribution >= 0.6 is 11.3 Å². The number of hydrogen-bond acceptors (Lipinski definition) is 4. The van der Waals surface area contributed by atoms with Gasteiger partial charge in [-0.1, -0.05) is 0 Å². The van der Waals surface area contributed by atoms with E-state index in [-0.39, 0.29) is 0 Å². The van der Waals surface area contributed by atoms with Crippen molar-refractivity contribution in [1.29, 1.82) is 0 Å². The highest BCUT2D eigenvalue weighted by Crippen LogP contribution is 2.26. The Hall–Kier alpha value is -0.450. The van der Waals surface area contributed by atoms with Crippen molar-refractivity contribution >= 4 is 11.3 Å². The molecule has 1 aromatic heterocycles. The molecule has 0 spiro atoms. The van der Waals surface area contributed by atoms with Crippen LogP contribution in [0.25, 0.3) is 0 Å². The SMILES string of the molecule is CC(C)N(CC1CCCNC1)C(C)c1nccs1. The number of aromatic nitrogens is 1. The highest BCUT2D eigenvalue weighted by Gasteiger charge is 2.24.